The van der Waals surface area contributed by atoms with Crippen LogP contribution >= 0.6 is 7.82 Å². The Bertz CT molecular complexity index is 1390. The molecule has 0 aromatic heterocycles. The third kappa shape index (κ3) is 34.8. The van der Waals surface area contributed by atoms with Gasteiger partial charge < -0.3 is 0 Å². The molecule has 0 aromatic carbocycles. The van der Waals surface area contributed by atoms with Crippen molar-refractivity contribution in [3.05, 3.63) is 0 Å². The molecular weight excluding hydrogens is 1070 g/mol. The largest absolute Gasteiger partial charge is 0.478 e. The van der Waals surface area contributed by atoms with Gasteiger partial charge in [-0.2, -0.15) is 0 Å². The molecule has 512 valence electrons. The van der Waals surface area contributed by atoms with E-state index >= 15 is 4.57 Å². The van der Waals surface area contributed by atoms with Crippen LogP contribution in [0.3, 0.4) is 0 Å². The summed E-state index contributed by atoms with van der Waals surface area (Å²) in [7, 11) is -3.96. The molecule has 7 nitrogen and oxygen atoms in total. The molecule has 0 N–H and O–H groups in total. The highest BCUT2D eigenvalue weighted by Gasteiger charge is 2.45. The molecule has 0 aliphatic carbocycles. The van der Waals surface area contributed by atoms with Gasteiger partial charge in [-0.3, -0.25) is 28.3 Å². The second-order valence-electron chi connectivity index (χ2n) is 30.4. The Labute approximate surface area is 540 Å². The van der Waals surface area contributed by atoms with Crippen LogP contribution in [0.5, 0.6) is 0 Å². The van der Waals surface area contributed by atoms with E-state index in [-0.39, 0.29) is 16.6 Å². The molecule has 6 atom stereocenters. The summed E-state index contributed by atoms with van der Waals surface area (Å²) in [6.45, 7) is 25.6. The zero-order valence-corrected chi connectivity index (χ0v) is 61.1. The van der Waals surface area contributed by atoms with Gasteiger partial charge in [-0.15, -0.1) is 0 Å². The van der Waals surface area contributed by atoms with Crippen LogP contribution in [0.1, 0.15) is 428 Å². The van der Waals surface area contributed by atoms with Crippen molar-refractivity contribution >= 4 is 7.82 Å². The third-order valence-corrected chi connectivity index (χ3v) is 24.6. The van der Waals surface area contributed by atoms with Gasteiger partial charge in [-0.1, -0.05) is 350 Å². The van der Waals surface area contributed by atoms with Gasteiger partial charge in [-0.25, -0.2) is 4.57 Å². The minimum Gasteiger partial charge on any atom is -0.275 e. The van der Waals surface area contributed by atoms with E-state index in [9.17, 15) is 0 Å². The van der Waals surface area contributed by atoms with Gasteiger partial charge in [0.05, 0.1) is 0 Å². The molecule has 0 amide bonds. The van der Waals surface area contributed by atoms with Gasteiger partial charge in [0.1, 0.15) is 20.2 Å². The number of nitrogens with zero attached hydrogens (tertiary/aromatic N) is 3. The quantitative estimate of drug-likeness (QED) is 0.0444. The molecule has 3 rings (SSSR count). The van der Waals surface area contributed by atoms with Crippen LogP contribution in [0.15, 0.2) is 0 Å². The number of hydrogen-bond acceptors (Lipinski definition) is 7. The first kappa shape index (κ1) is 80.2. The summed E-state index contributed by atoms with van der Waals surface area (Å²) < 4.78 is 36.0. The Morgan fingerprint density at radius 2 is 0.453 bits per heavy atom. The number of unbranched alkanes of at least 4 members (excludes halogenated alkanes) is 45. The Kier molecular flexibility index (Phi) is 48.0. The van der Waals surface area contributed by atoms with Gasteiger partial charge in [0, 0.05) is 36.3 Å². The molecule has 3 fully saturated rings. The van der Waals surface area contributed by atoms with Crippen LogP contribution in [0.2, 0.25) is 0 Å². The maximum atomic E-state index is 15.6. The maximum Gasteiger partial charge on any atom is 0.478 e. The normalized spacial score (nSPS) is 24.3. The van der Waals surface area contributed by atoms with E-state index in [1.54, 1.807) is 0 Å². The summed E-state index contributed by atoms with van der Waals surface area (Å²) in [6, 6.07) is 0. The lowest BCUT2D eigenvalue weighted by molar-refractivity contribution is -0.0866. The lowest BCUT2D eigenvalue weighted by Gasteiger charge is -2.51. The summed E-state index contributed by atoms with van der Waals surface area (Å²) in [5, 5.41) is 0. The minimum atomic E-state index is -3.96. The molecule has 0 saturated carbocycles. The fourth-order valence-electron chi connectivity index (χ4n) is 15.9. The molecule has 6 unspecified atom stereocenters. The van der Waals surface area contributed by atoms with Crippen LogP contribution in [0.25, 0.3) is 0 Å². The maximum absolute atomic E-state index is 15.6. The standard InChI is InChI=1S/C78H156N3O4P/c1-10-13-16-19-22-25-28-31-34-37-40-43-46-49-52-55-64-76(7)73(4)61-58-67-79(76)70-83-86(82,84-71-80-68-59-62-74(5)77(80,8)65-56-53-50-47-44-41-38-35-32-29-26-23-20-17-14-11-2)85-72-81-69-60-63-75(6)78(81,9)66-57-54-51-48-45-42-39-36-33-30-27-24-21-18-15-12-3/h73-75H,10-72H2,1-9H3. The van der Waals surface area contributed by atoms with Gasteiger partial charge in [0.2, 0.25) is 0 Å². The molecule has 3 aliphatic rings. The van der Waals surface area contributed by atoms with E-state index in [0.29, 0.717) is 37.9 Å². The van der Waals surface area contributed by atoms with E-state index in [1.165, 1.54) is 327 Å². The highest BCUT2D eigenvalue weighted by molar-refractivity contribution is 7.48. The highest BCUT2D eigenvalue weighted by Crippen LogP contribution is 2.53. The monoisotopic (exact) mass is 1230 g/mol. The number of phosphoric acid groups is 1. The number of phosphoric ester groups is 1. The van der Waals surface area contributed by atoms with Crippen LogP contribution in [0, 0.1) is 17.8 Å². The number of hydrogen-bond donors (Lipinski definition) is 0. The lowest BCUT2D eigenvalue weighted by Crippen LogP contribution is -2.56. The Hall–Kier alpha value is -0.0100. The van der Waals surface area contributed by atoms with Crippen LogP contribution < -0.4 is 0 Å². The fraction of sp³-hybridized carbons (Fsp3) is 1.00. The first-order chi connectivity index (χ1) is 41.9. The predicted molar refractivity (Wildman–Crippen MR) is 378 cm³/mol. The van der Waals surface area contributed by atoms with Crippen molar-refractivity contribution in [1.82, 2.24) is 14.7 Å². The molecule has 0 bridgehead atoms. The van der Waals surface area contributed by atoms with Crippen molar-refractivity contribution in [3.63, 3.8) is 0 Å². The van der Waals surface area contributed by atoms with Crippen molar-refractivity contribution in [2.24, 2.45) is 17.8 Å². The molecule has 86 heavy (non-hydrogen) atoms. The smallest absolute Gasteiger partial charge is 0.275 e. The van der Waals surface area contributed by atoms with Crippen molar-refractivity contribution in [1.29, 1.82) is 0 Å². The molecular formula is C78H156N3O4P. The van der Waals surface area contributed by atoms with Crippen LogP contribution in [-0.4, -0.2) is 71.1 Å². The van der Waals surface area contributed by atoms with E-state index in [0.717, 1.165) is 58.2 Å². The SMILES string of the molecule is CCCCCCCCCCCCCCCCCCC1(C)C(C)CCCN1COP(=O)(OCN1CCCC(C)C1(C)CCCCCCCCCCCCCCCCCC)OCN1CCCC(C)C1(C)CCCCCCCCCCCCCCCCCC. The van der Waals surface area contributed by atoms with Crippen LogP contribution in [-0.2, 0) is 18.1 Å². The van der Waals surface area contributed by atoms with E-state index < -0.39 is 7.82 Å². The summed E-state index contributed by atoms with van der Waals surface area (Å²) in [5.41, 5.74) is 0.00216. The average molecular weight is 1230 g/mol. The first-order valence-corrected chi connectivity index (χ1v) is 41.1. The Morgan fingerprint density at radius 1 is 0.291 bits per heavy atom. The van der Waals surface area contributed by atoms with Gasteiger partial charge in [-0.05, 0) is 96.3 Å². The Balaban J connectivity index is 1.56. The summed E-state index contributed by atoms with van der Waals surface area (Å²) >= 11 is 0. The minimum absolute atomic E-state index is 0.000720. The van der Waals surface area contributed by atoms with E-state index in [1.807, 2.05) is 0 Å². The van der Waals surface area contributed by atoms with Gasteiger partial charge in [0.15, 0.2) is 0 Å². The van der Waals surface area contributed by atoms with Crippen molar-refractivity contribution in [3.8, 4) is 0 Å². The highest BCUT2D eigenvalue weighted by atomic mass is 31.2. The lowest BCUT2D eigenvalue weighted by atomic mass is 9.76. The van der Waals surface area contributed by atoms with Crippen molar-refractivity contribution in [2.45, 2.75) is 445 Å². The zero-order valence-electron chi connectivity index (χ0n) is 60.2. The van der Waals surface area contributed by atoms with Crippen molar-refractivity contribution < 1.29 is 18.1 Å². The topological polar surface area (TPSA) is 54.5 Å². The molecule has 3 saturated heterocycles. The van der Waals surface area contributed by atoms with E-state index in [4.69, 9.17) is 13.6 Å². The molecule has 0 spiro atoms. The number of likely N-dealkylation sites (tertiary alicyclic amines) is 3. The number of rotatable bonds is 60. The third-order valence-electron chi connectivity index (χ3n) is 23.3. The molecule has 8 heteroatoms. The first-order valence-electron chi connectivity index (χ1n) is 39.7. The molecule has 3 heterocycles. The zero-order chi connectivity index (χ0) is 62.1. The van der Waals surface area contributed by atoms with Crippen molar-refractivity contribution in [2.75, 3.05) is 39.8 Å². The average Bonchev–Trinajstić information content (AvgIpc) is 2.06. The molecule has 3 aliphatic heterocycles. The fourth-order valence-corrected chi connectivity index (χ4v) is 16.9. The van der Waals surface area contributed by atoms with Gasteiger partial charge >= 0.3 is 7.82 Å². The Morgan fingerprint density at radius 3 is 0.628 bits per heavy atom. The van der Waals surface area contributed by atoms with Crippen LogP contribution in [0.4, 0.5) is 0 Å². The molecule has 0 radical (unpaired) electrons. The molecule has 0 aromatic rings. The van der Waals surface area contributed by atoms with Gasteiger partial charge in [0.25, 0.3) is 0 Å². The summed E-state index contributed by atoms with van der Waals surface area (Å²) in [4.78, 5) is 7.63. The number of piperidine rings is 3. The second kappa shape index (κ2) is 51.4. The summed E-state index contributed by atoms with van der Waals surface area (Å²) in [6.07, 6.45) is 77.6. The predicted octanol–water partition coefficient (Wildman–Crippen LogP) is 26.4. The summed E-state index contributed by atoms with van der Waals surface area (Å²) in [5.74, 6) is 1.66. The second-order valence-corrected chi connectivity index (χ2v) is 32.0. The van der Waals surface area contributed by atoms with E-state index in [2.05, 4.69) is 77.0 Å².